The summed E-state index contributed by atoms with van der Waals surface area (Å²) in [5.41, 5.74) is 2.13. The third-order valence-electron chi connectivity index (χ3n) is 1.07. The number of pyridine rings is 1. The Labute approximate surface area is 74.0 Å². The first-order valence-corrected chi connectivity index (χ1v) is 3.94. The fraction of sp³-hybridized carbons (Fsp3) is 0.125. The van der Waals surface area contributed by atoms with E-state index in [4.69, 9.17) is 0 Å². The molecule has 10 heavy (non-hydrogen) atoms. The van der Waals surface area contributed by atoms with Crippen LogP contribution < -0.4 is 0 Å². The summed E-state index contributed by atoms with van der Waals surface area (Å²) in [5.74, 6) is 2.92. The van der Waals surface area contributed by atoms with Gasteiger partial charge in [-0.2, -0.15) is 0 Å². The van der Waals surface area contributed by atoms with Crippen LogP contribution in [0.15, 0.2) is 18.5 Å². The highest BCUT2D eigenvalue weighted by Crippen LogP contribution is 1.98. The fourth-order valence-corrected chi connectivity index (χ4v) is 0.989. The molecule has 0 bridgehead atoms. The average Bonchev–Trinajstić information content (AvgIpc) is 1.88. The summed E-state index contributed by atoms with van der Waals surface area (Å²) in [6, 6.07) is 2.01. The molecule has 1 aromatic rings. The van der Waals surface area contributed by atoms with Crippen molar-refractivity contribution in [3.8, 4) is 9.85 Å². The first-order valence-electron chi connectivity index (χ1n) is 2.86. The van der Waals surface area contributed by atoms with Crippen molar-refractivity contribution in [3.63, 3.8) is 0 Å². The van der Waals surface area contributed by atoms with Gasteiger partial charge in [0.05, 0.1) is 0 Å². The second-order valence-electron chi connectivity index (χ2n) is 1.97. The summed E-state index contributed by atoms with van der Waals surface area (Å²) in [6.07, 6.45) is 3.58. The number of hydrogen-bond acceptors (Lipinski definition) is 1. The van der Waals surface area contributed by atoms with E-state index in [9.17, 15) is 0 Å². The van der Waals surface area contributed by atoms with Gasteiger partial charge in [0.2, 0.25) is 0 Å². The second-order valence-corrected chi connectivity index (χ2v) is 2.51. The van der Waals surface area contributed by atoms with E-state index in [1.165, 1.54) is 0 Å². The van der Waals surface area contributed by atoms with Crippen molar-refractivity contribution in [2.24, 2.45) is 0 Å². The lowest BCUT2D eigenvalue weighted by atomic mass is 10.2. The average molecular weight is 243 g/mol. The Morgan fingerprint density at radius 2 is 2.30 bits per heavy atom. The Kier molecular flexibility index (Phi) is 2.69. The van der Waals surface area contributed by atoms with E-state index in [0.717, 1.165) is 11.1 Å². The van der Waals surface area contributed by atoms with Crippen LogP contribution in [-0.4, -0.2) is 4.98 Å². The van der Waals surface area contributed by atoms with Crippen molar-refractivity contribution in [2.75, 3.05) is 0 Å². The lowest BCUT2D eigenvalue weighted by molar-refractivity contribution is 1.26. The molecule has 0 unspecified atom stereocenters. The van der Waals surface area contributed by atoms with Crippen LogP contribution in [0.5, 0.6) is 0 Å². The topological polar surface area (TPSA) is 12.9 Å². The summed E-state index contributed by atoms with van der Waals surface area (Å²) in [5, 5.41) is 0. The van der Waals surface area contributed by atoms with Gasteiger partial charge < -0.3 is 0 Å². The van der Waals surface area contributed by atoms with E-state index in [2.05, 4.69) is 14.8 Å². The fourth-order valence-electron chi connectivity index (χ4n) is 0.678. The predicted octanol–water partition coefficient (Wildman–Crippen LogP) is 2.13. The molecule has 2 heteroatoms. The van der Waals surface area contributed by atoms with E-state index in [1.807, 2.05) is 41.8 Å². The predicted molar refractivity (Wildman–Crippen MR) is 49.9 cm³/mol. The van der Waals surface area contributed by atoms with Crippen LogP contribution in [0.4, 0.5) is 0 Å². The maximum atomic E-state index is 4.00. The van der Waals surface area contributed by atoms with Crippen LogP contribution in [0.1, 0.15) is 11.1 Å². The molecule has 0 fully saturated rings. The number of halogens is 1. The zero-order valence-corrected chi connectivity index (χ0v) is 7.71. The van der Waals surface area contributed by atoms with Gasteiger partial charge in [0, 0.05) is 40.5 Å². The summed E-state index contributed by atoms with van der Waals surface area (Å²) < 4.78 is 2.79. The first-order chi connectivity index (χ1) is 4.83. The number of aromatic nitrogens is 1. The molecule has 0 spiro atoms. The van der Waals surface area contributed by atoms with E-state index >= 15 is 0 Å². The van der Waals surface area contributed by atoms with E-state index in [-0.39, 0.29) is 0 Å². The monoisotopic (exact) mass is 243 g/mol. The van der Waals surface area contributed by atoms with E-state index < -0.39 is 0 Å². The summed E-state index contributed by atoms with van der Waals surface area (Å²) in [7, 11) is 0. The molecule has 1 rings (SSSR count). The molecule has 1 heterocycles. The van der Waals surface area contributed by atoms with Gasteiger partial charge in [0.15, 0.2) is 0 Å². The molecule has 1 aromatic heterocycles. The maximum absolute atomic E-state index is 4.00. The highest BCUT2D eigenvalue weighted by Gasteiger charge is 1.85. The van der Waals surface area contributed by atoms with Crippen LogP contribution >= 0.6 is 22.6 Å². The van der Waals surface area contributed by atoms with Gasteiger partial charge in [-0.3, -0.25) is 4.98 Å². The second kappa shape index (κ2) is 3.57. The molecule has 1 nitrogen and oxygen atoms in total. The Hall–Kier alpha value is -0.560. The van der Waals surface area contributed by atoms with Gasteiger partial charge >= 0.3 is 0 Å². The molecule has 0 aliphatic heterocycles. The minimum absolute atomic E-state index is 0.981. The van der Waals surface area contributed by atoms with Gasteiger partial charge in [-0.25, -0.2) is 0 Å². The normalized spacial score (nSPS) is 8.20. The maximum Gasteiger partial charge on any atom is 0.0439 e. The highest BCUT2D eigenvalue weighted by molar-refractivity contribution is 14.1. The summed E-state index contributed by atoms with van der Waals surface area (Å²) in [4.78, 5) is 4.00. The smallest absolute Gasteiger partial charge is 0.0439 e. The molecule has 0 saturated carbocycles. The lowest BCUT2D eigenvalue weighted by Crippen LogP contribution is -1.79. The van der Waals surface area contributed by atoms with Crippen LogP contribution in [0.2, 0.25) is 0 Å². The minimum atomic E-state index is 0.981. The van der Waals surface area contributed by atoms with E-state index in [0.29, 0.717) is 0 Å². The SMILES string of the molecule is Cc1cncc(C#CI)c1. The molecule has 0 aromatic carbocycles. The molecular formula is C8H6IN. The van der Waals surface area contributed by atoms with Crippen molar-refractivity contribution in [1.82, 2.24) is 4.98 Å². The van der Waals surface area contributed by atoms with Crippen molar-refractivity contribution >= 4 is 22.6 Å². The van der Waals surface area contributed by atoms with Crippen LogP contribution in [0, 0.1) is 16.8 Å². The standard InChI is InChI=1S/C8H6IN/c1-7-4-8(2-3-9)6-10-5-7/h4-6H,1H3. The number of rotatable bonds is 0. The van der Waals surface area contributed by atoms with Crippen molar-refractivity contribution in [2.45, 2.75) is 6.92 Å². The molecule has 0 saturated heterocycles. The zero-order chi connectivity index (χ0) is 7.40. The largest absolute Gasteiger partial charge is 0.263 e. The molecule has 0 N–H and O–H groups in total. The number of nitrogens with zero attached hydrogens (tertiary/aromatic N) is 1. The molecule has 0 atom stereocenters. The van der Waals surface area contributed by atoms with Gasteiger partial charge in [-0.15, -0.1) is 0 Å². The van der Waals surface area contributed by atoms with Crippen LogP contribution in [0.25, 0.3) is 0 Å². The Bertz CT molecular complexity index is 283. The molecule has 0 amide bonds. The Morgan fingerprint density at radius 1 is 1.50 bits per heavy atom. The van der Waals surface area contributed by atoms with Crippen LogP contribution in [0.3, 0.4) is 0 Å². The lowest BCUT2D eigenvalue weighted by Gasteiger charge is -1.89. The van der Waals surface area contributed by atoms with Gasteiger partial charge in [0.25, 0.3) is 0 Å². The third-order valence-corrected chi connectivity index (χ3v) is 1.34. The minimum Gasteiger partial charge on any atom is -0.263 e. The molecule has 0 radical (unpaired) electrons. The summed E-state index contributed by atoms with van der Waals surface area (Å²) >= 11 is 2.01. The molecule has 0 aliphatic rings. The van der Waals surface area contributed by atoms with Crippen molar-refractivity contribution < 1.29 is 0 Å². The van der Waals surface area contributed by atoms with Crippen molar-refractivity contribution in [1.29, 1.82) is 0 Å². The van der Waals surface area contributed by atoms with Gasteiger partial charge in [0.1, 0.15) is 0 Å². The quantitative estimate of drug-likeness (QED) is 0.502. The summed E-state index contributed by atoms with van der Waals surface area (Å²) in [6.45, 7) is 2.01. The molecule has 0 aliphatic carbocycles. The first kappa shape index (κ1) is 7.55. The van der Waals surface area contributed by atoms with E-state index in [1.54, 1.807) is 6.20 Å². The van der Waals surface area contributed by atoms with Gasteiger partial charge in [-0.1, -0.05) is 5.92 Å². The highest BCUT2D eigenvalue weighted by atomic mass is 127. The number of aryl methyl sites for hydroxylation is 1. The zero-order valence-electron chi connectivity index (χ0n) is 5.56. The van der Waals surface area contributed by atoms with Gasteiger partial charge in [-0.05, 0) is 22.5 Å². The van der Waals surface area contributed by atoms with Crippen LogP contribution in [-0.2, 0) is 0 Å². The molecular weight excluding hydrogens is 237 g/mol. The Balaban J connectivity index is 3.03. The van der Waals surface area contributed by atoms with Crippen molar-refractivity contribution in [3.05, 3.63) is 29.6 Å². The molecule has 50 valence electrons. The third kappa shape index (κ3) is 1.99. The number of hydrogen-bond donors (Lipinski definition) is 0. The Morgan fingerprint density at radius 3 is 2.90 bits per heavy atom.